The SMILES string of the molecule is CN(C)CCCNC(=O)[C@]12CCC(C)(C)C[C@H]1C1=CC[C@@H]3[C@@]4(C)CC[C@H](O)C(C)(C)[C@@H]4CC[C@@]3(C)[C@]1(C)CC2. The molecule has 0 radical (unpaired) electrons. The van der Waals surface area contributed by atoms with Gasteiger partial charge in [0, 0.05) is 6.54 Å². The topological polar surface area (TPSA) is 52.6 Å². The molecule has 8 atom stereocenters. The van der Waals surface area contributed by atoms with Gasteiger partial charge in [0.15, 0.2) is 0 Å². The molecule has 4 fully saturated rings. The molecule has 5 rings (SSSR count). The predicted octanol–water partition coefficient (Wildman–Crippen LogP) is 7.22. The second-order valence-corrected chi connectivity index (χ2v) is 17.2. The molecule has 222 valence electrons. The lowest BCUT2D eigenvalue weighted by atomic mass is 9.33. The molecule has 4 nitrogen and oxygen atoms in total. The lowest BCUT2D eigenvalue weighted by molar-refractivity contribution is -0.203. The molecular formula is C35H60N2O2. The third-order valence-corrected chi connectivity index (χ3v) is 14.1. The summed E-state index contributed by atoms with van der Waals surface area (Å²) in [5, 5.41) is 14.4. The van der Waals surface area contributed by atoms with Crippen molar-refractivity contribution >= 4 is 5.91 Å². The molecule has 5 aliphatic rings. The van der Waals surface area contributed by atoms with Crippen LogP contribution < -0.4 is 5.32 Å². The van der Waals surface area contributed by atoms with E-state index in [0.29, 0.717) is 23.7 Å². The quantitative estimate of drug-likeness (QED) is 0.286. The normalized spacial score (nSPS) is 46.3. The molecule has 0 aliphatic heterocycles. The minimum Gasteiger partial charge on any atom is -0.393 e. The summed E-state index contributed by atoms with van der Waals surface area (Å²) in [7, 11) is 4.21. The summed E-state index contributed by atoms with van der Waals surface area (Å²) in [6.07, 6.45) is 14.7. The van der Waals surface area contributed by atoms with E-state index in [1.807, 2.05) is 0 Å². The minimum absolute atomic E-state index is 0.0149. The fraction of sp³-hybridized carbons (Fsp3) is 0.914. The van der Waals surface area contributed by atoms with Gasteiger partial charge in [-0.15, -0.1) is 0 Å². The van der Waals surface area contributed by atoms with E-state index in [2.05, 4.69) is 78.9 Å². The lowest BCUT2D eigenvalue weighted by Crippen LogP contribution is -2.65. The number of aliphatic hydroxyl groups excluding tert-OH is 1. The van der Waals surface area contributed by atoms with Crippen LogP contribution in [0.2, 0.25) is 0 Å². The van der Waals surface area contributed by atoms with Crippen molar-refractivity contribution < 1.29 is 9.90 Å². The third kappa shape index (κ3) is 4.31. The van der Waals surface area contributed by atoms with Gasteiger partial charge in [-0.2, -0.15) is 0 Å². The van der Waals surface area contributed by atoms with Crippen molar-refractivity contribution in [1.82, 2.24) is 10.2 Å². The number of fused-ring (bicyclic) bond motifs is 7. The lowest BCUT2D eigenvalue weighted by Gasteiger charge is -2.71. The molecule has 0 heterocycles. The molecule has 4 saturated carbocycles. The molecule has 4 heteroatoms. The van der Waals surface area contributed by atoms with Gasteiger partial charge in [-0.3, -0.25) is 4.79 Å². The molecule has 1 amide bonds. The Morgan fingerprint density at radius 1 is 0.949 bits per heavy atom. The largest absolute Gasteiger partial charge is 0.393 e. The van der Waals surface area contributed by atoms with Crippen LogP contribution in [0, 0.1) is 50.2 Å². The Labute approximate surface area is 240 Å². The van der Waals surface area contributed by atoms with E-state index in [9.17, 15) is 9.90 Å². The van der Waals surface area contributed by atoms with E-state index in [1.54, 1.807) is 5.57 Å². The molecule has 0 aromatic carbocycles. The monoisotopic (exact) mass is 540 g/mol. The maximum atomic E-state index is 14.1. The number of hydrogen-bond acceptors (Lipinski definition) is 3. The van der Waals surface area contributed by atoms with Crippen LogP contribution in [-0.4, -0.2) is 49.2 Å². The second-order valence-electron chi connectivity index (χ2n) is 17.2. The van der Waals surface area contributed by atoms with Crippen molar-refractivity contribution in [3.05, 3.63) is 11.6 Å². The summed E-state index contributed by atoms with van der Waals surface area (Å²) in [5.74, 6) is 1.93. The third-order valence-electron chi connectivity index (χ3n) is 14.1. The first-order chi connectivity index (χ1) is 18.0. The highest BCUT2D eigenvalue weighted by Gasteiger charge is 2.69. The maximum absolute atomic E-state index is 14.1. The molecular weight excluding hydrogens is 480 g/mol. The molecule has 0 bridgehead atoms. The van der Waals surface area contributed by atoms with Gasteiger partial charge < -0.3 is 15.3 Å². The Bertz CT molecular complexity index is 999. The first-order valence-electron chi connectivity index (χ1n) is 16.4. The van der Waals surface area contributed by atoms with Crippen molar-refractivity contribution in [2.24, 2.45) is 50.2 Å². The molecule has 0 unspecified atom stereocenters. The number of rotatable bonds is 5. The molecule has 0 saturated heterocycles. The zero-order valence-electron chi connectivity index (χ0n) is 26.9. The van der Waals surface area contributed by atoms with Crippen LogP contribution in [0.15, 0.2) is 11.6 Å². The van der Waals surface area contributed by atoms with Gasteiger partial charge >= 0.3 is 0 Å². The van der Waals surface area contributed by atoms with Crippen molar-refractivity contribution in [1.29, 1.82) is 0 Å². The number of nitrogens with zero attached hydrogens (tertiary/aromatic N) is 1. The predicted molar refractivity (Wildman–Crippen MR) is 161 cm³/mol. The first kappa shape index (κ1) is 29.6. The van der Waals surface area contributed by atoms with Gasteiger partial charge in [-0.05, 0) is 136 Å². The highest BCUT2D eigenvalue weighted by molar-refractivity contribution is 5.84. The van der Waals surface area contributed by atoms with Crippen LogP contribution >= 0.6 is 0 Å². The van der Waals surface area contributed by atoms with E-state index in [-0.39, 0.29) is 38.6 Å². The Kier molecular flexibility index (Phi) is 7.27. The zero-order valence-corrected chi connectivity index (χ0v) is 26.9. The fourth-order valence-electron chi connectivity index (χ4n) is 11.4. The molecule has 0 spiro atoms. The molecule has 5 aliphatic carbocycles. The number of carbonyl (C=O) groups is 1. The standard InChI is InChI=1S/C35H60N2O2/c1-30(2)17-19-35(29(39)36-21-10-22-37(8)9)20-18-33(6)24(25(35)23-30)11-12-27-32(5)15-14-28(38)31(3,4)26(32)13-16-34(27,33)7/h11,25-28,38H,10,12-23H2,1-9H3,(H,36,39)/t25-,26-,27+,28-,32-,33+,34+,35-/m0/s1. The van der Waals surface area contributed by atoms with Crippen LogP contribution in [0.5, 0.6) is 0 Å². The van der Waals surface area contributed by atoms with Crippen LogP contribution in [0.4, 0.5) is 0 Å². The first-order valence-corrected chi connectivity index (χ1v) is 16.4. The summed E-state index contributed by atoms with van der Waals surface area (Å²) >= 11 is 0. The molecule has 2 N–H and O–H groups in total. The Morgan fingerprint density at radius 3 is 2.33 bits per heavy atom. The highest BCUT2D eigenvalue weighted by atomic mass is 16.3. The smallest absolute Gasteiger partial charge is 0.226 e. The molecule has 0 aromatic heterocycles. The number of carbonyl (C=O) groups excluding carboxylic acids is 1. The highest BCUT2D eigenvalue weighted by Crippen LogP contribution is 2.75. The van der Waals surface area contributed by atoms with E-state index < -0.39 is 0 Å². The number of nitrogens with one attached hydrogen (secondary N) is 1. The van der Waals surface area contributed by atoms with Gasteiger partial charge in [0.05, 0.1) is 11.5 Å². The van der Waals surface area contributed by atoms with Crippen molar-refractivity contribution in [2.45, 2.75) is 125 Å². The van der Waals surface area contributed by atoms with Gasteiger partial charge in [0.1, 0.15) is 0 Å². The molecule has 39 heavy (non-hydrogen) atoms. The van der Waals surface area contributed by atoms with Crippen LogP contribution in [-0.2, 0) is 4.79 Å². The van der Waals surface area contributed by atoms with Crippen LogP contribution in [0.25, 0.3) is 0 Å². The summed E-state index contributed by atoms with van der Waals surface area (Å²) in [6, 6.07) is 0. The van der Waals surface area contributed by atoms with Gasteiger partial charge in [-0.25, -0.2) is 0 Å². The van der Waals surface area contributed by atoms with Gasteiger partial charge in [-0.1, -0.05) is 60.1 Å². The van der Waals surface area contributed by atoms with E-state index in [4.69, 9.17) is 0 Å². The summed E-state index contributed by atoms with van der Waals surface area (Å²) < 4.78 is 0. The average Bonchev–Trinajstić information content (AvgIpc) is 2.84. The van der Waals surface area contributed by atoms with Gasteiger partial charge in [0.2, 0.25) is 5.91 Å². The Hall–Kier alpha value is -0.870. The number of allylic oxidation sites excluding steroid dienone is 2. The maximum Gasteiger partial charge on any atom is 0.226 e. The van der Waals surface area contributed by atoms with Crippen LogP contribution in [0.1, 0.15) is 119 Å². The second kappa shape index (κ2) is 9.58. The summed E-state index contributed by atoms with van der Waals surface area (Å²) in [5.41, 5.74) is 2.35. The minimum atomic E-state index is -0.236. The fourth-order valence-corrected chi connectivity index (χ4v) is 11.4. The number of aliphatic hydroxyl groups is 1. The van der Waals surface area contributed by atoms with Crippen molar-refractivity contribution in [2.75, 3.05) is 27.2 Å². The average molecular weight is 541 g/mol. The van der Waals surface area contributed by atoms with Gasteiger partial charge in [0.25, 0.3) is 0 Å². The van der Waals surface area contributed by atoms with E-state index >= 15 is 0 Å². The van der Waals surface area contributed by atoms with Crippen molar-refractivity contribution in [3.8, 4) is 0 Å². The summed E-state index contributed by atoms with van der Waals surface area (Å²) in [4.78, 5) is 16.3. The van der Waals surface area contributed by atoms with E-state index in [1.165, 1.54) is 12.8 Å². The van der Waals surface area contributed by atoms with Crippen molar-refractivity contribution in [3.63, 3.8) is 0 Å². The Morgan fingerprint density at radius 2 is 1.64 bits per heavy atom. The Balaban J connectivity index is 1.49. The molecule has 0 aromatic rings. The number of amides is 1. The van der Waals surface area contributed by atoms with E-state index in [0.717, 1.165) is 70.9 Å². The number of hydrogen-bond donors (Lipinski definition) is 2. The van der Waals surface area contributed by atoms with Crippen LogP contribution in [0.3, 0.4) is 0 Å². The zero-order chi connectivity index (χ0) is 28.6. The summed E-state index contributed by atoms with van der Waals surface area (Å²) in [6.45, 7) is 19.2.